The predicted molar refractivity (Wildman–Crippen MR) is 42.4 cm³/mol. The second-order valence-corrected chi connectivity index (χ2v) is 2.85. The minimum absolute atomic E-state index is 0.155. The van der Waals surface area contributed by atoms with Gasteiger partial charge >= 0.3 is 11.7 Å². The molecule has 0 aromatic rings. The van der Waals surface area contributed by atoms with Gasteiger partial charge in [0, 0.05) is 18.9 Å². The smallest absolute Gasteiger partial charge is 0.441 e. The first kappa shape index (κ1) is 10.1. The quantitative estimate of drug-likeness (QED) is 0.189. The average Bonchev–Trinajstić information content (AvgIpc) is 2.01. The van der Waals surface area contributed by atoms with Gasteiger partial charge in [0.2, 0.25) is 5.91 Å². The molecule has 1 amide bonds. The first-order valence-corrected chi connectivity index (χ1v) is 3.82. The summed E-state index contributed by atoms with van der Waals surface area (Å²) in [6.45, 7) is 0. The second kappa shape index (κ2) is 3.80. The molecule has 0 aliphatic carbocycles. The monoisotopic (exact) mass is 197 g/mol. The van der Waals surface area contributed by atoms with Crippen molar-refractivity contribution in [1.29, 1.82) is 0 Å². The summed E-state index contributed by atoms with van der Waals surface area (Å²) in [6, 6.07) is -0.342. The topological polar surface area (TPSA) is 120 Å². The number of ketones is 1. The average molecular weight is 197 g/mol. The van der Waals surface area contributed by atoms with Crippen molar-refractivity contribution >= 4 is 23.4 Å². The molecule has 7 nitrogen and oxygen atoms in total. The Morgan fingerprint density at radius 3 is 2.57 bits per heavy atom. The summed E-state index contributed by atoms with van der Waals surface area (Å²) >= 11 is 0. The predicted octanol–water partition coefficient (Wildman–Crippen LogP) is -1.41. The highest BCUT2D eigenvalue weighted by Crippen LogP contribution is 2.08. The fraction of sp³-hybridized carbons (Fsp3) is 0.429. The molecule has 0 radical (unpaired) electrons. The molecule has 1 aliphatic rings. The number of β-lactam (4-membered cyclic amide) rings is 1. The lowest BCUT2D eigenvalue weighted by molar-refractivity contribution is -0.136. The highest BCUT2D eigenvalue weighted by molar-refractivity contribution is 6.62. The van der Waals surface area contributed by atoms with Crippen LogP contribution in [0.4, 0.5) is 0 Å². The van der Waals surface area contributed by atoms with Gasteiger partial charge in [0.15, 0.2) is 0 Å². The molecule has 0 saturated carbocycles. The zero-order chi connectivity index (χ0) is 10.7. The summed E-state index contributed by atoms with van der Waals surface area (Å²) in [5, 5.41) is 10.8. The van der Waals surface area contributed by atoms with E-state index < -0.39 is 17.5 Å². The van der Waals surface area contributed by atoms with Crippen molar-refractivity contribution in [3.63, 3.8) is 0 Å². The summed E-state index contributed by atoms with van der Waals surface area (Å²) < 4.78 is 0. The van der Waals surface area contributed by atoms with Crippen LogP contribution in [0.25, 0.3) is 5.53 Å². The molecule has 0 bridgehead atoms. The molecular weight excluding hydrogens is 190 g/mol. The van der Waals surface area contributed by atoms with Crippen LogP contribution in [0.2, 0.25) is 0 Å². The van der Waals surface area contributed by atoms with Gasteiger partial charge in [-0.2, -0.15) is 4.79 Å². The van der Waals surface area contributed by atoms with Crippen LogP contribution in [-0.2, 0) is 14.4 Å². The van der Waals surface area contributed by atoms with Gasteiger partial charge in [-0.1, -0.05) is 0 Å². The first-order valence-electron chi connectivity index (χ1n) is 3.82. The molecule has 0 aromatic carbocycles. The molecule has 74 valence electrons. The van der Waals surface area contributed by atoms with Crippen molar-refractivity contribution in [1.82, 2.24) is 5.32 Å². The van der Waals surface area contributed by atoms with Crippen LogP contribution in [0, 0.1) is 0 Å². The molecule has 0 aromatic heterocycles. The Kier molecular flexibility index (Phi) is 2.73. The van der Waals surface area contributed by atoms with Gasteiger partial charge in [0.25, 0.3) is 5.78 Å². The maximum absolute atomic E-state index is 11.1. The van der Waals surface area contributed by atoms with Crippen LogP contribution in [-0.4, -0.2) is 39.3 Å². The maximum atomic E-state index is 11.1. The van der Waals surface area contributed by atoms with Crippen LogP contribution in [0.1, 0.15) is 12.8 Å². The third-order valence-corrected chi connectivity index (χ3v) is 1.80. The summed E-state index contributed by atoms with van der Waals surface area (Å²) in [5.41, 5.74) is 7.31. The molecule has 1 aliphatic heterocycles. The number of carboxylic acid groups (broad SMARTS) is 1. The molecule has 2 N–H and O–H groups in total. The third kappa shape index (κ3) is 2.02. The van der Waals surface area contributed by atoms with Crippen molar-refractivity contribution in [2.45, 2.75) is 18.9 Å². The Labute approximate surface area is 78.3 Å². The molecule has 1 saturated heterocycles. The lowest BCUT2D eigenvalue weighted by Crippen LogP contribution is -2.50. The number of hydrogen-bond donors (Lipinski definition) is 2. The Morgan fingerprint density at radius 2 is 2.21 bits per heavy atom. The van der Waals surface area contributed by atoms with Crippen molar-refractivity contribution in [2.75, 3.05) is 0 Å². The van der Waals surface area contributed by atoms with Crippen LogP contribution < -0.4 is 5.32 Å². The molecule has 1 heterocycles. The zero-order valence-corrected chi connectivity index (χ0v) is 7.06. The molecule has 1 unspecified atom stereocenters. The molecule has 1 atom stereocenters. The summed E-state index contributed by atoms with van der Waals surface area (Å²) in [6.07, 6.45) is 0.0432. The van der Waals surface area contributed by atoms with E-state index in [9.17, 15) is 14.4 Å². The highest BCUT2D eigenvalue weighted by atomic mass is 16.4. The Hall–Kier alpha value is -2.01. The van der Waals surface area contributed by atoms with E-state index in [0.717, 1.165) is 0 Å². The number of nitrogens with one attached hydrogen (secondary N) is 1. The third-order valence-electron chi connectivity index (χ3n) is 1.80. The normalized spacial score (nSPS) is 18.9. The van der Waals surface area contributed by atoms with Gasteiger partial charge < -0.3 is 16.0 Å². The number of Topliss-reactive ketones (excluding diaryl/α,β-unsaturated/α-hetero) is 1. The summed E-state index contributed by atoms with van der Waals surface area (Å²) in [7, 11) is 0. The van der Waals surface area contributed by atoms with E-state index >= 15 is 0 Å². The maximum Gasteiger partial charge on any atom is 0.441 e. The van der Waals surface area contributed by atoms with E-state index in [-0.39, 0.29) is 24.8 Å². The summed E-state index contributed by atoms with van der Waals surface area (Å²) in [5.74, 6) is -2.56. The van der Waals surface area contributed by atoms with Gasteiger partial charge in [-0.3, -0.25) is 9.59 Å². The molecule has 0 spiro atoms. The fourth-order valence-electron chi connectivity index (χ4n) is 1.09. The lowest BCUT2D eigenvalue weighted by Gasteiger charge is -2.25. The molecule has 1 rings (SSSR count). The van der Waals surface area contributed by atoms with Gasteiger partial charge in [-0.15, -0.1) is 0 Å². The van der Waals surface area contributed by atoms with Crippen molar-refractivity contribution < 1.29 is 24.3 Å². The van der Waals surface area contributed by atoms with Gasteiger partial charge in [-0.25, -0.2) is 4.79 Å². The van der Waals surface area contributed by atoms with Gasteiger partial charge in [0.1, 0.15) is 0 Å². The second-order valence-electron chi connectivity index (χ2n) is 2.85. The summed E-state index contributed by atoms with van der Waals surface area (Å²) in [4.78, 5) is 34.2. The van der Waals surface area contributed by atoms with Crippen LogP contribution in [0.3, 0.4) is 0 Å². The number of amides is 1. The van der Waals surface area contributed by atoms with E-state index in [1.54, 1.807) is 0 Å². The lowest BCUT2D eigenvalue weighted by atomic mass is 9.98. The fourth-order valence-corrected chi connectivity index (χ4v) is 1.09. The molecule has 7 heteroatoms. The Balaban J connectivity index is 2.53. The van der Waals surface area contributed by atoms with Gasteiger partial charge in [0.05, 0.1) is 0 Å². The SMILES string of the molecule is [N-]=[N+]=C(C(=O)O)C(=O)CC1CC(=O)N1. The van der Waals surface area contributed by atoms with Crippen molar-refractivity contribution in [3.8, 4) is 0 Å². The minimum Gasteiger partial charge on any atom is -0.472 e. The van der Waals surface area contributed by atoms with E-state index in [0.29, 0.717) is 0 Å². The number of rotatable bonds is 4. The Bertz CT molecular complexity index is 348. The first-order chi connectivity index (χ1) is 6.54. The largest absolute Gasteiger partial charge is 0.472 e. The number of nitrogens with zero attached hydrogens (tertiary/aromatic N) is 2. The van der Waals surface area contributed by atoms with Crippen molar-refractivity contribution in [3.05, 3.63) is 5.53 Å². The van der Waals surface area contributed by atoms with Crippen LogP contribution >= 0.6 is 0 Å². The number of carboxylic acids is 1. The highest BCUT2D eigenvalue weighted by Gasteiger charge is 2.35. The molecule has 14 heavy (non-hydrogen) atoms. The van der Waals surface area contributed by atoms with Crippen LogP contribution in [0.15, 0.2) is 0 Å². The molecule has 1 fully saturated rings. The van der Waals surface area contributed by atoms with E-state index in [1.807, 2.05) is 0 Å². The number of carbonyl (C=O) groups is 3. The molecular formula is C7H7N3O4. The van der Waals surface area contributed by atoms with E-state index in [4.69, 9.17) is 10.6 Å². The van der Waals surface area contributed by atoms with Gasteiger partial charge in [-0.05, 0) is 0 Å². The Morgan fingerprint density at radius 1 is 1.64 bits per heavy atom. The number of aliphatic carboxylic acids is 1. The van der Waals surface area contributed by atoms with Crippen LogP contribution in [0.5, 0.6) is 0 Å². The number of hydrogen-bond acceptors (Lipinski definition) is 3. The minimum atomic E-state index is -1.58. The zero-order valence-electron chi connectivity index (χ0n) is 7.06. The van der Waals surface area contributed by atoms with Crippen molar-refractivity contribution in [2.24, 2.45) is 0 Å². The standard InChI is InChI=1S/C7H7N3O4/c8-10-6(7(13)14)4(11)1-3-2-5(12)9-3/h3H,1-2H2,(H,9,12)(H,13,14). The van der Waals surface area contributed by atoms with E-state index in [2.05, 4.69) is 10.1 Å². The van der Waals surface area contributed by atoms with E-state index in [1.165, 1.54) is 0 Å². The number of carbonyl (C=O) groups excluding carboxylic acids is 2.